The van der Waals surface area contributed by atoms with E-state index < -0.39 is 5.97 Å². The molecule has 2 heterocycles. The molecule has 0 bridgehead atoms. The minimum Gasteiger partial charge on any atom is -0.486 e. The third-order valence-corrected chi connectivity index (χ3v) is 3.45. The molecule has 0 unspecified atom stereocenters. The van der Waals surface area contributed by atoms with Crippen molar-refractivity contribution < 1.29 is 19.4 Å². The molecular formula is C16H15NO4. The molecular weight excluding hydrogens is 270 g/mol. The number of benzene rings is 1. The van der Waals surface area contributed by atoms with E-state index in [0.717, 1.165) is 17.0 Å². The molecule has 0 spiro atoms. The van der Waals surface area contributed by atoms with Crippen LogP contribution in [-0.2, 0) is 0 Å². The highest BCUT2D eigenvalue weighted by atomic mass is 16.6. The number of aryl methyl sites for hydroxylation is 2. The van der Waals surface area contributed by atoms with Crippen molar-refractivity contribution in [3.05, 3.63) is 41.1 Å². The van der Waals surface area contributed by atoms with E-state index in [4.69, 9.17) is 9.47 Å². The van der Waals surface area contributed by atoms with Crippen LogP contribution < -0.4 is 9.47 Å². The molecule has 0 amide bonds. The van der Waals surface area contributed by atoms with Crippen molar-refractivity contribution in [3.8, 4) is 22.8 Å². The van der Waals surface area contributed by atoms with Gasteiger partial charge >= 0.3 is 5.97 Å². The highest BCUT2D eigenvalue weighted by molar-refractivity contribution is 5.91. The van der Waals surface area contributed by atoms with Crippen LogP contribution >= 0.6 is 0 Å². The van der Waals surface area contributed by atoms with Gasteiger partial charge in [-0.15, -0.1) is 0 Å². The largest absolute Gasteiger partial charge is 0.486 e. The highest BCUT2D eigenvalue weighted by Crippen LogP contribution is 2.34. The third kappa shape index (κ3) is 2.42. The van der Waals surface area contributed by atoms with E-state index in [0.29, 0.717) is 30.2 Å². The number of hydrogen-bond donors (Lipinski definition) is 1. The van der Waals surface area contributed by atoms with Crippen molar-refractivity contribution in [2.75, 3.05) is 13.2 Å². The minimum atomic E-state index is -0.953. The van der Waals surface area contributed by atoms with E-state index in [2.05, 4.69) is 4.98 Å². The number of ether oxygens (including phenoxy) is 2. The van der Waals surface area contributed by atoms with E-state index in [9.17, 15) is 9.90 Å². The Labute approximate surface area is 122 Å². The van der Waals surface area contributed by atoms with Crippen LogP contribution in [0.4, 0.5) is 0 Å². The van der Waals surface area contributed by atoms with Gasteiger partial charge in [-0.25, -0.2) is 4.79 Å². The van der Waals surface area contributed by atoms with Gasteiger partial charge in [0.05, 0.1) is 17.0 Å². The fourth-order valence-electron chi connectivity index (χ4n) is 2.51. The molecule has 21 heavy (non-hydrogen) atoms. The number of hydrogen-bond acceptors (Lipinski definition) is 4. The Morgan fingerprint density at radius 2 is 1.86 bits per heavy atom. The summed E-state index contributed by atoms with van der Waals surface area (Å²) in [5.74, 6) is 0.463. The van der Waals surface area contributed by atoms with Crippen molar-refractivity contribution in [3.63, 3.8) is 0 Å². The van der Waals surface area contributed by atoms with Gasteiger partial charge in [0.15, 0.2) is 11.5 Å². The average molecular weight is 285 g/mol. The summed E-state index contributed by atoms with van der Waals surface area (Å²) >= 11 is 0. The van der Waals surface area contributed by atoms with E-state index in [1.165, 1.54) is 0 Å². The number of pyridine rings is 1. The maximum absolute atomic E-state index is 11.2. The second kappa shape index (κ2) is 5.09. The SMILES string of the molecule is Cc1cc(-c2ccc3c(c2)OCCO3)nc(C)c1C(=O)O. The quantitative estimate of drug-likeness (QED) is 0.918. The lowest BCUT2D eigenvalue weighted by Gasteiger charge is -2.19. The summed E-state index contributed by atoms with van der Waals surface area (Å²) in [6.45, 7) is 4.56. The van der Waals surface area contributed by atoms with Gasteiger partial charge < -0.3 is 14.6 Å². The average Bonchev–Trinajstić information content (AvgIpc) is 2.45. The molecule has 0 saturated carbocycles. The van der Waals surface area contributed by atoms with E-state index >= 15 is 0 Å². The Morgan fingerprint density at radius 1 is 1.14 bits per heavy atom. The van der Waals surface area contributed by atoms with Crippen LogP contribution in [0, 0.1) is 13.8 Å². The molecule has 108 valence electrons. The summed E-state index contributed by atoms with van der Waals surface area (Å²) in [5.41, 5.74) is 3.07. The first-order valence-electron chi connectivity index (χ1n) is 6.68. The lowest BCUT2D eigenvalue weighted by molar-refractivity contribution is 0.0695. The molecule has 3 rings (SSSR count). The van der Waals surface area contributed by atoms with Crippen molar-refractivity contribution in [2.45, 2.75) is 13.8 Å². The van der Waals surface area contributed by atoms with E-state index in [-0.39, 0.29) is 5.56 Å². The number of rotatable bonds is 2. The molecule has 1 aromatic carbocycles. The molecule has 0 aliphatic carbocycles. The lowest BCUT2D eigenvalue weighted by Crippen LogP contribution is -2.15. The molecule has 1 aromatic heterocycles. The van der Waals surface area contributed by atoms with E-state index in [1.54, 1.807) is 19.9 Å². The van der Waals surface area contributed by atoms with Crippen LogP contribution in [0.2, 0.25) is 0 Å². The number of carboxylic acids is 1. The number of fused-ring (bicyclic) bond motifs is 1. The Kier molecular flexibility index (Phi) is 3.25. The zero-order valence-corrected chi connectivity index (χ0v) is 11.8. The monoisotopic (exact) mass is 285 g/mol. The van der Waals surface area contributed by atoms with Crippen LogP contribution in [0.1, 0.15) is 21.6 Å². The van der Waals surface area contributed by atoms with Gasteiger partial charge in [0.1, 0.15) is 13.2 Å². The zero-order valence-electron chi connectivity index (χ0n) is 11.8. The van der Waals surface area contributed by atoms with Crippen LogP contribution in [0.3, 0.4) is 0 Å². The molecule has 1 aliphatic heterocycles. The van der Waals surface area contributed by atoms with E-state index in [1.807, 2.05) is 18.2 Å². The predicted molar refractivity (Wildman–Crippen MR) is 77.1 cm³/mol. The standard InChI is InChI=1S/C16H15NO4/c1-9-7-12(17-10(2)15(9)16(18)19)11-3-4-13-14(8-11)21-6-5-20-13/h3-4,7-8H,5-6H2,1-2H3,(H,18,19). The minimum absolute atomic E-state index is 0.260. The number of carbonyl (C=O) groups is 1. The van der Waals surface area contributed by atoms with Gasteiger partial charge in [-0.3, -0.25) is 4.98 Å². The molecule has 0 saturated heterocycles. The van der Waals surface area contributed by atoms with Crippen molar-refractivity contribution in [2.24, 2.45) is 0 Å². The van der Waals surface area contributed by atoms with Crippen molar-refractivity contribution >= 4 is 5.97 Å². The van der Waals surface area contributed by atoms with Crippen LogP contribution in [0.15, 0.2) is 24.3 Å². The van der Waals surface area contributed by atoms with Gasteiger partial charge in [0.25, 0.3) is 0 Å². The number of carboxylic acid groups (broad SMARTS) is 1. The van der Waals surface area contributed by atoms with Crippen LogP contribution in [-0.4, -0.2) is 29.3 Å². The summed E-state index contributed by atoms with van der Waals surface area (Å²) in [6.07, 6.45) is 0. The summed E-state index contributed by atoms with van der Waals surface area (Å²) < 4.78 is 11.1. The fourth-order valence-corrected chi connectivity index (χ4v) is 2.51. The molecule has 1 aliphatic rings. The summed E-state index contributed by atoms with van der Waals surface area (Å²) in [7, 11) is 0. The van der Waals surface area contributed by atoms with Crippen molar-refractivity contribution in [1.29, 1.82) is 0 Å². The molecule has 0 atom stereocenters. The normalized spacial score (nSPS) is 13.0. The van der Waals surface area contributed by atoms with Gasteiger partial charge in [0.2, 0.25) is 0 Å². The second-order valence-corrected chi connectivity index (χ2v) is 4.95. The number of aromatic nitrogens is 1. The maximum Gasteiger partial charge on any atom is 0.337 e. The summed E-state index contributed by atoms with van der Waals surface area (Å²) in [5, 5.41) is 9.19. The number of aromatic carboxylic acids is 1. The topological polar surface area (TPSA) is 68.7 Å². The Balaban J connectivity index is 2.07. The zero-order chi connectivity index (χ0) is 15.0. The third-order valence-electron chi connectivity index (χ3n) is 3.45. The molecule has 1 N–H and O–H groups in total. The second-order valence-electron chi connectivity index (χ2n) is 4.95. The van der Waals surface area contributed by atoms with Crippen molar-refractivity contribution in [1.82, 2.24) is 4.98 Å². The van der Waals surface area contributed by atoms with Crippen LogP contribution in [0.5, 0.6) is 11.5 Å². The predicted octanol–water partition coefficient (Wildman–Crippen LogP) is 2.83. The van der Waals surface area contributed by atoms with Gasteiger partial charge in [-0.1, -0.05) is 0 Å². The fraction of sp³-hybridized carbons (Fsp3) is 0.250. The first-order valence-corrected chi connectivity index (χ1v) is 6.68. The first kappa shape index (κ1) is 13.4. The first-order chi connectivity index (χ1) is 10.1. The molecule has 0 fully saturated rings. The maximum atomic E-state index is 11.2. The van der Waals surface area contributed by atoms with Gasteiger partial charge in [-0.05, 0) is 43.7 Å². The Hall–Kier alpha value is -2.56. The number of nitrogens with zero attached hydrogens (tertiary/aromatic N) is 1. The lowest BCUT2D eigenvalue weighted by atomic mass is 10.0. The highest BCUT2D eigenvalue weighted by Gasteiger charge is 2.16. The Bertz CT molecular complexity index is 701. The summed E-state index contributed by atoms with van der Waals surface area (Å²) in [4.78, 5) is 15.6. The molecule has 5 heteroatoms. The Morgan fingerprint density at radius 3 is 2.52 bits per heavy atom. The molecule has 0 radical (unpaired) electrons. The molecule has 5 nitrogen and oxygen atoms in total. The van der Waals surface area contributed by atoms with Crippen LogP contribution in [0.25, 0.3) is 11.3 Å². The smallest absolute Gasteiger partial charge is 0.337 e. The van der Waals surface area contributed by atoms with Gasteiger partial charge in [-0.2, -0.15) is 0 Å². The summed E-state index contributed by atoms with van der Waals surface area (Å²) in [6, 6.07) is 7.40. The van der Waals surface area contributed by atoms with Gasteiger partial charge in [0, 0.05) is 5.56 Å². The molecule has 2 aromatic rings.